The second kappa shape index (κ2) is 7.04. The number of aromatic nitrogens is 1. The molecule has 0 saturated heterocycles. The molecule has 1 aromatic heterocycles. The van der Waals surface area contributed by atoms with Crippen LogP contribution in [-0.2, 0) is 4.79 Å². The number of aryl methyl sites for hydroxylation is 1. The van der Waals surface area contributed by atoms with Crippen LogP contribution < -0.4 is 5.73 Å². The van der Waals surface area contributed by atoms with E-state index < -0.39 is 11.9 Å². The zero-order chi connectivity index (χ0) is 15.1. The van der Waals surface area contributed by atoms with Gasteiger partial charge >= 0.3 is 0 Å². The van der Waals surface area contributed by atoms with Crippen LogP contribution in [0.4, 0.5) is 0 Å². The maximum absolute atomic E-state index is 11.4. The van der Waals surface area contributed by atoms with Crippen LogP contribution >= 0.6 is 0 Å². The second-order valence-electron chi connectivity index (χ2n) is 4.07. The standard InChI is InChI=1S/C13H12N2O.C2H4O2/c1-9-12(13(14)16)11(7-8-15-9)10-5-3-2-4-6-10;1-2(3)4/h2-8H,1H3,(H2,14,16);1H3,(H,3,4). The Bertz CT molecular complexity index is 606. The van der Waals surface area contributed by atoms with Gasteiger partial charge in [0.2, 0.25) is 0 Å². The Labute approximate surface area is 117 Å². The van der Waals surface area contributed by atoms with Crippen LogP contribution in [0.5, 0.6) is 0 Å². The number of carboxylic acid groups (broad SMARTS) is 1. The van der Waals surface area contributed by atoms with Gasteiger partial charge in [0.1, 0.15) is 0 Å². The Morgan fingerprint density at radius 3 is 2.20 bits per heavy atom. The van der Waals surface area contributed by atoms with E-state index in [1.54, 1.807) is 13.1 Å². The number of hydrogen-bond donors (Lipinski definition) is 2. The lowest BCUT2D eigenvalue weighted by molar-refractivity contribution is -0.134. The Kier molecular flexibility index (Phi) is 5.41. The van der Waals surface area contributed by atoms with Crippen molar-refractivity contribution in [1.29, 1.82) is 0 Å². The van der Waals surface area contributed by atoms with Crippen LogP contribution in [0.1, 0.15) is 23.0 Å². The van der Waals surface area contributed by atoms with E-state index in [0.29, 0.717) is 11.3 Å². The third-order valence-electron chi connectivity index (χ3n) is 2.47. The van der Waals surface area contributed by atoms with Crippen molar-refractivity contribution in [2.75, 3.05) is 0 Å². The highest BCUT2D eigenvalue weighted by molar-refractivity contribution is 6.00. The van der Waals surface area contributed by atoms with Gasteiger partial charge in [-0.25, -0.2) is 0 Å². The van der Waals surface area contributed by atoms with Gasteiger partial charge in [-0.15, -0.1) is 0 Å². The van der Waals surface area contributed by atoms with Crippen LogP contribution in [-0.4, -0.2) is 22.0 Å². The summed E-state index contributed by atoms with van der Waals surface area (Å²) in [6.45, 7) is 2.87. The first kappa shape index (κ1) is 15.4. The minimum Gasteiger partial charge on any atom is -0.481 e. The first-order valence-corrected chi connectivity index (χ1v) is 5.94. The van der Waals surface area contributed by atoms with E-state index in [9.17, 15) is 4.79 Å². The van der Waals surface area contributed by atoms with Gasteiger partial charge in [0.05, 0.1) is 11.3 Å². The van der Waals surface area contributed by atoms with Crippen LogP contribution in [0.15, 0.2) is 42.6 Å². The van der Waals surface area contributed by atoms with Crippen molar-refractivity contribution in [2.24, 2.45) is 5.73 Å². The SMILES string of the molecule is CC(=O)O.Cc1nccc(-c2ccccc2)c1C(N)=O. The summed E-state index contributed by atoms with van der Waals surface area (Å²) in [5.41, 5.74) is 8.34. The molecule has 1 amide bonds. The minimum atomic E-state index is -0.833. The van der Waals surface area contributed by atoms with Crippen molar-refractivity contribution in [3.8, 4) is 11.1 Å². The molecule has 104 valence electrons. The number of amides is 1. The maximum Gasteiger partial charge on any atom is 0.300 e. The van der Waals surface area contributed by atoms with Crippen LogP contribution in [0.2, 0.25) is 0 Å². The summed E-state index contributed by atoms with van der Waals surface area (Å²) < 4.78 is 0. The molecule has 0 aliphatic carbocycles. The molecule has 0 atom stereocenters. The van der Waals surface area contributed by atoms with Crippen molar-refractivity contribution in [1.82, 2.24) is 4.98 Å². The average molecular weight is 272 g/mol. The fourth-order valence-electron chi connectivity index (χ4n) is 1.74. The summed E-state index contributed by atoms with van der Waals surface area (Å²) in [5.74, 6) is -1.27. The Morgan fingerprint density at radius 2 is 1.70 bits per heavy atom. The van der Waals surface area contributed by atoms with E-state index in [0.717, 1.165) is 18.1 Å². The van der Waals surface area contributed by atoms with Gasteiger partial charge < -0.3 is 10.8 Å². The fraction of sp³-hybridized carbons (Fsp3) is 0.133. The van der Waals surface area contributed by atoms with E-state index in [1.165, 1.54) is 0 Å². The molecule has 0 unspecified atom stereocenters. The zero-order valence-electron chi connectivity index (χ0n) is 11.3. The van der Waals surface area contributed by atoms with Crippen molar-refractivity contribution < 1.29 is 14.7 Å². The summed E-state index contributed by atoms with van der Waals surface area (Å²) in [5, 5.41) is 7.42. The maximum atomic E-state index is 11.4. The molecule has 1 aromatic carbocycles. The number of nitrogens with zero attached hydrogens (tertiary/aromatic N) is 1. The molecular formula is C15H16N2O3. The minimum absolute atomic E-state index is 0.440. The number of hydrogen-bond acceptors (Lipinski definition) is 3. The highest BCUT2D eigenvalue weighted by Crippen LogP contribution is 2.24. The lowest BCUT2D eigenvalue weighted by atomic mass is 9.99. The number of carbonyl (C=O) groups is 2. The average Bonchev–Trinajstić information content (AvgIpc) is 2.38. The van der Waals surface area contributed by atoms with Gasteiger partial charge in [-0.05, 0) is 24.1 Å². The molecule has 20 heavy (non-hydrogen) atoms. The molecular weight excluding hydrogens is 256 g/mol. The molecule has 0 aliphatic heterocycles. The van der Waals surface area contributed by atoms with Crippen molar-refractivity contribution in [3.05, 3.63) is 53.9 Å². The number of aliphatic carboxylic acids is 1. The Hall–Kier alpha value is -2.69. The number of benzene rings is 1. The zero-order valence-corrected chi connectivity index (χ0v) is 11.3. The van der Waals surface area contributed by atoms with Gasteiger partial charge in [0.15, 0.2) is 0 Å². The van der Waals surface area contributed by atoms with Crippen LogP contribution in [0.25, 0.3) is 11.1 Å². The molecule has 5 heteroatoms. The molecule has 2 aromatic rings. The van der Waals surface area contributed by atoms with Gasteiger partial charge in [-0.3, -0.25) is 14.6 Å². The van der Waals surface area contributed by atoms with Crippen molar-refractivity contribution >= 4 is 11.9 Å². The van der Waals surface area contributed by atoms with Crippen molar-refractivity contribution in [2.45, 2.75) is 13.8 Å². The predicted molar refractivity (Wildman–Crippen MR) is 76.2 cm³/mol. The summed E-state index contributed by atoms with van der Waals surface area (Å²) in [6.07, 6.45) is 1.68. The third kappa shape index (κ3) is 4.20. The lowest BCUT2D eigenvalue weighted by Crippen LogP contribution is -2.15. The third-order valence-corrected chi connectivity index (χ3v) is 2.47. The van der Waals surface area contributed by atoms with E-state index in [-0.39, 0.29) is 0 Å². The van der Waals surface area contributed by atoms with Gasteiger partial charge in [-0.2, -0.15) is 0 Å². The van der Waals surface area contributed by atoms with Crippen LogP contribution in [0.3, 0.4) is 0 Å². The molecule has 0 fully saturated rings. The molecule has 3 N–H and O–H groups in total. The number of carboxylic acids is 1. The number of pyridine rings is 1. The van der Waals surface area contributed by atoms with Crippen molar-refractivity contribution in [3.63, 3.8) is 0 Å². The fourth-order valence-corrected chi connectivity index (χ4v) is 1.74. The van der Waals surface area contributed by atoms with E-state index >= 15 is 0 Å². The first-order chi connectivity index (χ1) is 9.43. The summed E-state index contributed by atoms with van der Waals surface area (Å²) in [4.78, 5) is 24.5. The quantitative estimate of drug-likeness (QED) is 0.876. The summed E-state index contributed by atoms with van der Waals surface area (Å²) in [7, 11) is 0. The molecule has 0 saturated carbocycles. The predicted octanol–water partition coefficient (Wildman–Crippen LogP) is 2.25. The van der Waals surface area contributed by atoms with E-state index in [4.69, 9.17) is 15.6 Å². The van der Waals surface area contributed by atoms with Gasteiger partial charge in [-0.1, -0.05) is 30.3 Å². The molecule has 5 nitrogen and oxygen atoms in total. The largest absolute Gasteiger partial charge is 0.481 e. The molecule has 0 bridgehead atoms. The number of primary amides is 1. The number of carbonyl (C=O) groups excluding carboxylic acids is 1. The Balaban J connectivity index is 0.000000444. The van der Waals surface area contributed by atoms with E-state index in [1.807, 2.05) is 36.4 Å². The van der Waals surface area contributed by atoms with E-state index in [2.05, 4.69) is 4.98 Å². The Morgan fingerprint density at radius 1 is 1.15 bits per heavy atom. The van der Waals surface area contributed by atoms with Gasteiger partial charge in [0.25, 0.3) is 11.9 Å². The monoisotopic (exact) mass is 272 g/mol. The summed E-state index contributed by atoms with van der Waals surface area (Å²) in [6, 6.07) is 11.5. The summed E-state index contributed by atoms with van der Waals surface area (Å²) >= 11 is 0. The molecule has 0 spiro atoms. The highest BCUT2D eigenvalue weighted by atomic mass is 16.4. The topological polar surface area (TPSA) is 93.3 Å². The second-order valence-corrected chi connectivity index (χ2v) is 4.07. The normalized spacial score (nSPS) is 9.30. The molecule has 0 aliphatic rings. The molecule has 0 radical (unpaired) electrons. The molecule has 2 rings (SSSR count). The molecule has 1 heterocycles. The number of nitrogens with two attached hydrogens (primary N) is 1. The van der Waals surface area contributed by atoms with Crippen LogP contribution in [0, 0.1) is 6.92 Å². The lowest BCUT2D eigenvalue weighted by Gasteiger charge is -2.08. The first-order valence-electron chi connectivity index (χ1n) is 5.94. The number of rotatable bonds is 2. The van der Waals surface area contributed by atoms with Gasteiger partial charge in [0, 0.05) is 13.1 Å². The smallest absolute Gasteiger partial charge is 0.300 e. The highest BCUT2D eigenvalue weighted by Gasteiger charge is 2.12.